The minimum absolute atomic E-state index is 0.0698. The van der Waals surface area contributed by atoms with Crippen LogP contribution in [0.25, 0.3) is 0 Å². The third-order valence-electron chi connectivity index (χ3n) is 4.31. The lowest BCUT2D eigenvalue weighted by molar-refractivity contribution is -0.116. The number of nitrogens with zero attached hydrogens (tertiary/aromatic N) is 3. The number of pyridine rings is 1. The lowest BCUT2D eigenvalue weighted by atomic mass is 10.2. The number of carbonyl (C=O) groups excluding carboxylic acids is 2. The lowest BCUT2D eigenvalue weighted by Crippen LogP contribution is -2.27. The summed E-state index contributed by atoms with van der Waals surface area (Å²) in [5.74, 6) is -0.478. The quantitative estimate of drug-likeness (QED) is 0.570. The van der Waals surface area contributed by atoms with Crippen LogP contribution in [0.1, 0.15) is 22.3 Å². The molecule has 0 bridgehead atoms. The van der Waals surface area contributed by atoms with Crippen LogP contribution in [-0.4, -0.2) is 32.5 Å². The van der Waals surface area contributed by atoms with E-state index in [1.807, 2.05) is 17.7 Å². The van der Waals surface area contributed by atoms with Gasteiger partial charge in [0.1, 0.15) is 6.54 Å². The summed E-state index contributed by atoms with van der Waals surface area (Å²) in [4.78, 5) is 40.1. The van der Waals surface area contributed by atoms with Gasteiger partial charge in [0, 0.05) is 49.0 Å². The van der Waals surface area contributed by atoms with Crippen LogP contribution in [0.3, 0.4) is 0 Å². The van der Waals surface area contributed by atoms with Crippen LogP contribution in [0.15, 0.2) is 66.1 Å². The summed E-state index contributed by atoms with van der Waals surface area (Å²) in [7, 11) is 0. The van der Waals surface area contributed by atoms with Gasteiger partial charge in [-0.2, -0.15) is 0 Å². The van der Waals surface area contributed by atoms with E-state index >= 15 is 0 Å². The molecule has 0 aliphatic rings. The van der Waals surface area contributed by atoms with Gasteiger partial charge < -0.3 is 19.8 Å². The van der Waals surface area contributed by atoms with Gasteiger partial charge in [0.25, 0.3) is 11.5 Å². The Morgan fingerprint density at radius 1 is 1.10 bits per heavy atom. The Bertz CT molecular complexity index is 1020. The van der Waals surface area contributed by atoms with Crippen LogP contribution >= 0.6 is 0 Å². The number of aromatic nitrogens is 3. The van der Waals surface area contributed by atoms with E-state index in [4.69, 9.17) is 0 Å². The molecule has 0 aliphatic carbocycles. The van der Waals surface area contributed by atoms with Crippen molar-refractivity contribution in [3.05, 3.63) is 82.8 Å². The van der Waals surface area contributed by atoms with E-state index in [2.05, 4.69) is 15.6 Å². The van der Waals surface area contributed by atoms with Crippen molar-refractivity contribution in [2.75, 3.05) is 11.9 Å². The zero-order valence-corrected chi connectivity index (χ0v) is 16.2. The summed E-state index contributed by atoms with van der Waals surface area (Å²) in [6.45, 7) is 3.13. The minimum atomic E-state index is -0.311. The van der Waals surface area contributed by atoms with E-state index in [-0.39, 0.29) is 23.9 Å². The topological polar surface area (TPSA) is 98.0 Å². The molecule has 0 saturated carbocycles. The highest BCUT2D eigenvalue weighted by molar-refractivity contribution is 5.95. The average Bonchev–Trinajstić information content (AvgIpc) is 3.22. The van der Waals surface area contributed by atoms with Crippen LogP contribution < -0.4 is 16.2 Å². The predicted molar refractivity (Wildman–Crippen MR) is 110 cm³/mol. The molecule has 3 rings (SSSR count). The van der Waals surface area contributed by atoms with Crippen molar-refractivity contribution in [2.24, 2.45) is 0 Å². The number of anilines is 1. The second kappa shape index (κ2) is 9.50. The fraction of sp³-hybridized carbons (Fsp3) is 0.238. The van der Waals surface area contributed by atoms with E-state index in [1.54, 1.807) is 49.1 Å². The van der Waals surface area contributed by atoms with Crippen molar-refractivity contribution in [2.45, 2.75) is 26.4 Å². The molecule has 150 valence electrons. The first-order valence-corrected chi connectivity index (χ1v) is 9.32. The van der Waals surface area contributed by atoms with E-state index in [0.717, 1.165) is 18.5 Å². The largest absolute Gasteiger partial charge is 0.352 e. The van der Waals surface area contributed by atoms with E-state index in [1.165, 1.54) is 10.6 Å². The third kappa shape index (κ3) is 5.90. The summed E-state index contributed by atoms with van der Waals surface area (Å²) in [6.07, 6.45) is 7.78. The number of carbonyl (C=O) groups is 2. The van der Waals surface area contributed by atoms with Crippen molar-refractivity contribution in [1.82, 2.24) is 19.4 Å². The number of imidazole rings is 1. The molecule has 2 N–H and O–H groups in total. The summed E-state index contributed by atoms with van der Waals surface area (Å²) >= 11 is 0. The Kier molecular flexibility index (Phi) is 6.57. The van der Waals surface area contributed by atoms with Gasteiger partial charge in [0.15, 0.2) is 0 Å². The number of amides is 2. The molecule has 0 radical (unpaired) electrons. The van der Waals surface area contributed by atoms with Crippen LogP contribution in [0.4, 0.5) is 5.69 Å². The molecule has 0 unspecified atom stereocenters. The maximum atomic E-state index is 12.2. The molecule has 3 aromatic rings. The number of benzene rings is 1. The number of rotatable bonds is 8. The monoisotopic (exact) mass is 393 g/mol. The Hall–Kier alpha value is -3.68. The molecule has 0 saturated heterocycles. The highest BCUT2D eigenvalue weighted by Crippen LogP contribution is 2.10. The second-order valence-corrected chi connectivity index (χ2v) is 6.71. The van der Waals surface area contributed by atoms with Crippen LogP contribution in [0.2, 0.25) is 0 Å². The number of hydrogen-bond donors (Lipinski definition) is 2. The summed E-state index contributed by atoms with van der Waals surface area (Å²) < 4.78 is 3.31. The molecule has 8 heteroatoms. The molecule has 29 heavy (non-hydrogen) atoms. The molecule has 2 aromatic heterocycles. The Morgan fingerprint density at radius 3 is 2.62 bits per heavy atom. The normalized spacial score (nSPS) is 10.5. The molecular formula is C21H23N5O3. The number of aryl methyl sites for hydroxylation is 2. The fourth-order valence-corrected chi connectivity index (χ4v) is 2.82. The molecule has 2 amide bonds. The third-order valence-corrected chi connectivity index (χ3v) is 4.31. The zero-order valence-electron chi connectivity index (χ0n) is 16.2. The maximum Gasteiger partial charge on any atom is 0.251 e. The van der Waals surface area contributed by atoms with Gasteiger partial charge in [-0.25, -0.2) is 4.98 Å². The highest BCUT2D eigenvalue weighted by Gasteiger charge is 2.08. The predicted octanol–water partition coefficient (Wildman–Crippen LogP) is 1.81. The average molecular weight is 393 g/mol. The van der Waals surface area contributed by atoms with Crippen LogP contribution in [0, 0.1) is 6.92 Å². The number of hydrogen-bond acceptors (Lipinski definition) is 4. The smallest absolute Gasteiger partial charge is 0.251 e. The van der Waals surface area contributed by atoms with Gasteiger partial charge in [-0.15, -0.1) is 0 Å². The van der Waals surface area contributed by atoms with Gasteiger partial charge in [0.2, 0.25) is 5.91 Å². The van der Waals surface area contributed by atoms with Crippen molar-refractivity contribution in [1.29, 1.82) is 0 Å². The molecule has 0 fully saturated rings. The first-order valence-electron chi connectivity index (χ1n) is 9.32. The van der Waals surface area contributed by atoms with Crippen molar-refractivity contribution in [3.8, 4) is 0 Å². The summed E-state index contributed by atoms with van der Waals surface area (Å²) in [5.41, 5.74) is 1.75. The molecule has 2 heterocycles. The minimum Gasteiger partial charge on any atom is -0.352 e. The van der Waals surface area contributed by atoms with Gasteiger partial charge in [-0.3, -0.25) is 14.4 Å². The van der Waals surface area contributed by atoms with Crippen LogP contribution in [0.5, 0.6) is 0 Å². The molecular weight excluding hydrogens is 370 g/mol. The van der Waals surface area contributed by atoms with Crippen molar-refractivity contribution >= 4 is 17.5 Å². The first kappa shape index (κ1) is 20.1. The Labute approximate surface area is 168 Å². The second-order valence-electron chi connectivity index (χ2n) is 6.71. The van der Waals surface area contributed by atoms with Crippen LogP contribution in [-0.2, 0) is 17.9 Å². The van der Waals surface area contributed by atoms with Gasteiger partial charge in [0.05, 0.1) is 6.33 Å². The lowest BCUT2D eigenvalue weighted by Gasteiger charge is -2.09. The summed E-state index contributed by atoms with van der Waals surface area (Å²) in [5, 5.41) is 5.60. The van der Waals surface area contributed by atoms with Gasteiger partial charge in [-0.1, -0.05) is 6.07 Å². The molecule has 0 atom stereocenters. The number of nitrogens with one attached hydrogen (secondary N) is 2. The zero-order chi connectivity index (χ0) is 20.6. The van der Waals surface area contributed by atoms with E-state index < -0.39 is 0 Å². The van der Waals surface area contributed by atoms with Crippen molar-refractivity contribution < 1.29 is 9.59 Å². The van der Waals surface area contributed by atoms with E-state index in [9.17, 15) is 14.4 Å². The molecule has 1 aromatic carbocycles. The summed E-state index contributed by atoms with van der Waals surface area (Å²) in [6, 6.07) is 9.78. The first-order chi connectivity index (χ1) is 14.0. The Balaban J connectivity index is 1.47. The van der Waals surface area contributed by atoms with Gasteiger partial charge in [-0.05, 0) is 43.2 Å². The molecule has 0 aliphatic heterocycles. The van der Waals surface area contributed by atoms with E-state index in [0.29, 0.717) is 17.8 Å². The fourth-order valence-electron chi connectivity index (χ4n) is 2.82. The molecule has 8 nitrogen and oxygen atoms in total. The highest BCUT2D eigenvalue weighted by atomic mass is 16.2. The maximum absolute atomic E-state index is 12.2. The van der Waals surface area contributed by atoms with Gasteiger partial charge >= 0.3 is 0 Å². The molecule has 0 spiro atoms. The Morgan fingerprint density at radius 2 is 1.90 bits per heavy atom. The SMILES string of the molecule is Cc1ccc(=O)n(CC(=O)Nc2ccc(C(=O)NCCCn3ccnc3)cc2)c1. The van der Waals surface area contributed by atoms with Crippen molar-refractivity contribution in [3.63, 3.8) is 0 Å². The standard InChI is InChI=1S/C21H23N5O3/c1-16-3-8-20(28)26(13-16)14-19(27)24-18-6-4-17(5-7-18)21(29)23-9-2-11-25-12-10-22-15-25/h3-8,10,12-13,15H,2,9,11,14H2,1H3,(H,23,29)(H,24,27).